The number of hydrogen-bond donors (Lipinski definition) is 2. The third kappa shape index (κ3) is 2.34. The summed E-state index contributed by atoms with van der Waals surface area (Å²) in [7, 11) is 1.32. The molecule has 5 heteroatoms. The third-order valence-electron chi connectivity index (χ3n) is 2.45. The van der Waals surface area contributed by atoms with E-state index in [1.54, 1.807) is 0 Å². The van der Waals surface area contributed by atoms with Gasteiger partial charge in [0.15, 0.2) is 0 Å². The largest absolute Gasteiger partial charge is 0.464 e. The quantitative estimate of drug-likeness (QED) is 0.779. The number of imidazole rings is 1. The molecule has 0 bridgehead atoms. The van der Waals surface area contributed by atoms with Gasteiger partial charge >= 0.3 is 5.97 Å². The predicted molar refractivity (Wildman–Crippen MR) is 62.4 cm³/mol. The van der Waals surface area contributed by atoms with Crippen LogP contribution in [0.15, 0.2) is 36.5 Å². The molecule has 5 nitrogen and oxygen atoms in total. The highest BCUT2D eigenvalue weighted by Gasteiger charge is 2.15. The number of carbonyl (C=O) groups excluding carboxylic acids is 1. The highest BCUT2D eigenvalue weighted by Crippen LogP contribution is 2.16. The molecule has 1 unspecified atom stereocenters. The summed E-state index contributed by atoms with van der Waals surface area (Å²) in [5, 5.41) is 0. The number of aromatic amines is 1. The van der Waals surface area contributed by atoms with Crippen molar-refractivity contribution in [1.29, 1.82) is 0 Å². The van der Waals surface area contributed by atoms with Crippen molar-refractivity contribution >= 4 is 5.97 Å². The van der Waals surface area contributed by atoms with Gasteiger partial charge in [-0.1, -0.05) is 30.3 Å². The fourth-order valence-electron chi connectivity index (χ4n) is 1.53. The topological polar surface area (TPSA) is 81.0 Å². The molecule has 0 saturated heterocycles. The van der Waals surface area contributed by atoms with Crippen LogP contribution in [0.3, 0.4) is 0 Å². The SMILES string of the molecule is COC(=O)c1cnc(C(N)c2ccccc2)[nH]1. The number of nitrogens with one attached hydrogen (secondary N) is 1. The van der Waals surface area contributed by atoms with Gasteiger partial charge in [0, 0.05) is 0 Å². The second-order valence-electron chi connectivity index (χ2n) is 3.56. The molecule has 0 aliphatic rings. The van der Waals surface area contributed by atoms with Crippen molar-refractivity contribution in [3.8, 4) is 0 Å². The number of hydrogen-bond acceptors (Lipinski definition) is 4. The Kier molecular flexibility index (Phi) is 3.20. The molecule has 2 aromatic rings. The zero-order valence-electron chi connectivity index (χ0n) is 9.38. The van der Waals surface area contributed by atoms with Gasteiger partial charge in [-0.25, -0.2) is 9.78 Å². The first-order chi connectivity index (χ1) is 8.22. The Morgan fingerprint density at radius 1 is 1.41 bits per heavy atom. The van der Waals surface area contributed by atoms with Gasteiger partial charge < -0.3 is 15.5 Å². The number of esters is 1. The summed E-state index contributed by atoms with van der Waals surface area (Å²) in [5.41, 5.74) is 7.25. The van der Waals surface area contributed by atoms with Gasteiger partial charge in [-0.15, -0.1) is 0 Å². The molecule has 0 radical (unpaired) electrons. The first-order valence-corrected chi connectivity index (χ1v) is 5.16. The van der Waals surface area contributed by atoms with Crippen LogP contribution in [0.4, 0.5) is 0 Å². The van der Waals surface area contributed by atoms with Gasteiger partial charge in [-0.05, 0) is 5.56 Å². The van der Waals surface area contributed by atoms with Crippen molar-refractivity contribution in [3.63, 3.8) is 0 Å². The minimum Gasteiger partial charge on any atom is -0.464 e. The highest BCUT2D eigenvalue weighted by molar-refractivity contribution is 5.86. The molecule has 0 fully saturated rings. The van der Waals surface area contributed by atoms with Gasteiger partial charge in [-0.3, -0.25) is 0 Å². The molecule has 2 rings (SSSR count). The summed E-state index contributed by atoms with van der Waals surface area (Å²) in [6.45, 7) is 0. The van der Waals surface area contributed by atoms with E-state index in [1.165, 1.54) is 13.3 Å². The van der Waals surface area contributed by atoms with Crippen molar-refractivity contribution in [2.24, 2.45) is 5.73 Å². The fraction of sp³-hybridized carbons (Fsp3) is 0.167. The van der Waals surface area contributed by atoms with E-state index >= 15 is 0 Å². The van der Waals surface area contributed by atoms with Crippen molar-refractivity contribution in [1.82, 2.24) is 9.97 Å². The van der Waals surface area contributed by atoms with Crippen LogP contribution in [0.25, 0.3) is 0 Å². The number of rotatable bonds is 3. The first-order valence-electron chi connectivity index (χ1n) is 5.16. The Bertz CT molecular complexity index is 507. The number of nitrogens with zero attached hydrogens (tertiary/aromatic N) is 1. The number of methoxy groups -OCH3 is 1. The lowest BCUT2D eigenvalue weighted by Crippen LogP contribution is -2.13. The number of H-pyrrole nitrogens is 1. The van der Waals surface area contributed by atoms with E-state index in [0.717, 1.165) is 5.56 Å². The summed E-state index contributed by atoms with van der Waals surface area (Å²) in [5.74, 6) is 0.0839. The first kappa shape index (κ1) is 11.3. The number of nitrogens with two attached hydrogens (primary N) is 1. The maximum absolute atomic E-state index is 11.3. The minimum atomic E-state index is -0.455. The van der Waals surface area contributed by atoms with Crippen molar-refractivity contribution in [2.75, 3.05) is 7.11 Å². The van der Waals surface area contributed by atoms with E-state index in [9.17, 15) is 4.79 Å². The molecule has 0 saturated carbocycles. The Balaban J connectivity index is 2.23. The van der Waals surface area contributed by atoms with E-state index in [1.807, 2.05) is 30.3 Å². The zero-order valence-corrected chi connectivity index (χ0v) is 9.38. The van der Waals surface area contributed by atoms with Crippen molar-refractivity contribution in [2.45, 2.75) is 6.04 Å². The Morgan fingerprint density at radius 2 is 2.12 bits per heavy atom. The van der Waals surface area contributed by atoms with E-state index in [-0.39, 0.29) is 6.04 Å². The van der Waals surface area contributed by atoms with Crippen LogP contribution in [0.1, 0.15) is 27.9 Å². The molecular formula is C12H13N3O2. The molecule has 3 N–H and O–H groups in total. The monoisotopic (exact) mass is 231 g/mol. The van der Waals surface area contributed by atoms with E-state index in [4.69, 9.17) is 5.73 Å². The Hall–Kier alpha value is -2.14. The summed E-state index contributed by atoms with van der Waals surface area (Å²) in [6.07, 6.45) is 1.42. The molecular weight excluding hydrogens is 218 g/mol. The Labute approximate surface area is 98.6 Å². The van der Waals surface area contributed by atoms with Crippen LogP contribution in [-0.2, 0) is 4.74 Å². The molecule has 1 aromatic heterocycles. The summed E-state index contributed by atoms with van der Waals surface area (Å²) in [4.78, 5) is 18.2. The fourth-order valence-corrected chi connectivity index (χ4v) is 1.53. The maximum Gasteiger partial charge on any atom is 0.356 e. The van der Waals surface area contributed by atoms with Gasteiger partial charge in [0.05, 0.1) is 19.3 Å². The smallest absolute Gasteiger partial charge is 0.356 e. The summed E-state index contributed by atoms with van der Waals surface area (Å²) < 4.78 is 4.58. The number of ether oxygens (including phenoxy) is 1. The average Bonchev–Trinajstić information content (AvgIpc) is 2.87. The summed E-state index contributed by atoms with van der Waals surface area (Å²) in [6, 6.07) is 9.15. The Morgan fingerprint density at radius 3 is 2.76 bits per heavy atom. The highest BCUT2D eigenvalue weighted by atomic mass is 16.5. The maximum atomic E-state index is 11.3. The van der Waals surface area contributed by atoms with Crippen LogP contribution in [0.2, 0.25) is 0 Å². The third-order valence-corrected chi connectivity index (χ3v) is 2.45. The van der Waals surface area contributed by atoms with Gasteiger partial charge in [0.25, 0.3) is 0 Å². The van der Waals surface area contributed by atoms with Crippen LogP contribution in [0.5, 0.6) is 0 Å². The molecule has 0 aliphatic carbocycles. The van der Waals surface area contributed by atoms with Crippen LogP contribution < -0.4 is 5.73 Å². The lowest BCUT2D eigenvalue weighted by Gasteiger charge is -2.08. The molecule has 0 spiro atoms. The second kappa shape index (κ2) is 4.80. The minimum absolute atomic E-state index is 0.300. The molecule has 1 atom stereocenters. The normalized spacial score (nSPS) is 12.1. The number of benzene rings is 1. The van der Waals surface area contributed by atoms with Crippen LogP contribution >= 0.6 is 0 Å². The molecule has 1 heterocycles. The molecule has 1 aromatic carbocycles. The second-order valence-corrected chi connectivity index (χ2v) is 3.56. The predicted octanol–water partition coefficient (Wildman–Crippen LogP) is 1.24. The lowest BCUT2D eigenvalue weighted by atomic mass is 10.1. The van der Waals surface area contributed by atoms with Crippen LogP contribution in [-0.4, -0.2) is 23.0 Å². The zero-order chi connectivity index (χ0) is 12.3. The summed E-state index contributed by atoms with van der Waals surface area (Å²) >= 11 is 0. The van der Waals surface area contributed by atoms with Crippen molar-refractivity contribution < 1.29 is 9.53 Å². The van der Waals surface area contributed by atoms with Gasteiger partial charge in [-0.2, -0.15) is 0 Å². The number of carbonyl (C=O) groups is 1. The van der Waals surface area contributed by atoms with Gasteiger partial charge in [0.2, 0.25) is 0 Å². The lowest BCUT2D eigenvalue weighted by molar-refractivity contribution is 0.0594. The van der Waals surface area contributed by atoms with Crippen molar-refractivity contribution in [3.05, 3.63) is 53.6 Å². The molecule has 0 amide bonds. The van der Waals surface area contributed by atoms with Gasteiger partial charge in [0.1, 0.15) is 11.5 Å². The van der Waals surface area contributed by atoms with Crippen LogP contribution in [0, 0.1) is 0 Å². The standard InChI is InChI=1S/C12H13N3O2/c1-17-12(16)9-7-14-11(15-9)10(13)8-5-3-2-4-6-8/h2-7,10H,13H2,1H3,(H,14,15). The number of aromatic nitrogens is 2. The molecule has 17 heavy (non-hydrogen) atoms. The van der Waals surface area contributed by atoms with E-state index < -0.39 is 5.97 Å². The average molecular weight is 231 g/mol. The van der Waals surface area contributed by atoms with E-state index in [2.05, 4.69) is 14.7 Å². The van der Waals surface area contributed by atoms with E-state index in [0.29, 0.717) is 11.5 Å². The molecule has 0 aliphatic heterocycles. The molecule has 88 valence electrons.